The molecule has 15 heavy (non-hydrogen) atoms. The number of aromatic hydroxyl groups is 1. The van der Waals surface area contributed by atoms with Crippen LogP contribution in [-0.2, 0) is 0 Å². The van der Waals surface area contributed by atoms with E-state index in [0.717, 1.165) is 0 Å². The summed E-state index contributed by atoms with van der Waals surface area (Å²) in [7, 11) is 0. The maximum atomic E-state index is 9.89. The van der Waals surface area contributed by atoms with Crippen molar-refractivity contribution in [3.63, 3.8) is 0 Å². The number of fused-ring (bicyclic) bond motifs is 3. The monoisotopic (exact) mass is 203 g/mol. The summed E-state index contributed by atoms with van der Waals surface area (Å²) >= 11 is 0. The van der Waals surface area contributed by atoms with Gasteiger partial charge in [-0.05, 0) is 33.6 Å². The fourth-order valence-corrected chi connectivity index (χ4v) is 1.40. The van der Waals surface area contributed by atoms with Crippen LogP contribution in [0.2, 0.25) is 0 Å². The summed E-state index contributed by atoms with van der Waals surface area (Å²) in [5.41, 5.74) is 0. The lowest BCUT2D eigenvalue weighted by Crippen LogP contribution is -1.76. The number of benzene rings is 3. The van der Waals surface area contributed by atoms with E-state index in [9.17, 15) is 5.11 Å². The standard InChI is InChI=1S/C14H10O/c15-12-8-7-11-6-5-10-3-1-2-4-13(10)14(11)9-12/h1-9,15H/i1D,2D,3D,4D,5D,6D,7D,8D,9D. The third-order valence-corrected chi connectivity index (χ3v) is 2.05. The van der Waals surface area contributed by atoms with Crippen molar-refractivity contribution in [2.24, 2.45) is 0 Å². The van der Waals surface area contributed by atoms with E-state index in [2.05, 4.69) is 0 Å². The molecule has 0 aromatic heterocycles. The largest absolute Gasteiger partial charge is 0.508 e. The van der Waals surface area contributed by atoms with Gasteiger partial charge in [-0.15, -0.1) is 0 Å². The van der Waals surface area contributed by atoms with Gasteiger partial charge in [-0.1, -0.05) is 42.3 Å². The normalized spacial score (nSPS) is 19.3. The van der Waals surface area contributed by atoms with E-state index < -0.39 is 60.1 Å². The van der Waals surface area contributed by atoms with Crippen molar-refractivity contribution in [2.45, 2.75) is 0 Å². The number of phenols is 1. The Labute approximate surface area is 100 Å². The highest BCUT2D eigenvalue weighted by Gasteiger charge is 2.00. The summed E-state index contributed by atoms with van der Waals surface area (Å²) < 4.78 is 71.2. The second kappa shape index (κ2) is 2.99. The Morgan fingerprint density at radius 2 is 1.47 bits per heavy atom. The molecular formula is C14H10O. The summed E-state index contributed by atoms with van der Waals surface area (Å²) in [5, 5.41) is 8.96. The molecule has 0 aliphatic heterocycles. The highest BCUT2D eigenvalue weighted by molar-refractivity contribution is 6.07. The van der Waals surface area contributed by atoms with Crippen molar-refractivity contribution in [3.05, 3.63) is 54.4 Å². The smallest absolute Gasteiger partial charge is 0.116 e. The van der Waals surface area contributed by atoms with Crippen LogP contribution in [0.25, 0.3) is 21.5 Å². The lowest BCUT2D eigenvalue weighted by Gasteiger charge is -2.03. The lowest BCUT2D eigenvalue weighted by atomic mass is 10.0. The van der Waals surface area contributed by atoms with Gasteiger partial charge in [0.15, 0.2) is 0 Å². The third-order valence-electron chi connectivity index (χ3n) is 2.05. The molecule has 0 bridgehead atoms. The molecule has 0 amide bonds. The Hall–Kier alpha value is -2.02. The lowest BCUT2D eigenvalue weighted by molar-refractivity contribution is 0.476. The van der Waals surface area contributed by atoms with Gasteiger partial charge in [0.1, 0.15) is 5.75 Å². The number of hydrogen-bond donors (Lipinski definition) is 1. The third kappa shape index (κ3) is 1.24. The zero-order chi connectivity index (χ0) is 18.1. The predicted molar refractivity (Wildman–Crippen MR) is 63.1 cm³/mol. The predicted octanol–water partition coefficient (Wildman–Crippen LogP) is 3.70. The van der Waals surface area contributed by atoms with Crippen LogP contribution >= 0.6 is 0 Å². The fourth-order valence-electron chi connectivity index (χ4n) is 1.40. The molecule has 0 heterocycles. The molecule has 0 unspecified atom stereocenters. The van der Waals surface area contributed by atoms with Crippen LogP contribution in [0.5, 0.6) is 5.75 Å². The molecule has 1 heteroatoms. The van der Waals surface area contributed by atoms with E-state index in [4.69, 9.17) is 12.3 Å². The van der Waals surface area contributed by atoms with Gasteiger partial charge in [-0.2, -0.15) is 0 Å². The molecule has 0 saturated carbocycles. The quantitative estimate of drug-likeness (QED) is 0.552. The van der Waals surface area contributed by atoms with Crippen LogP contribution in [-0.4, -0.2) is 5.11 Å². The Balaban J connectivity index is 2.87. The van der Waals surface area contributed by atoms with Crippen LogP contribution in [0, 0.1) is 0 Å². The number of phenolic OH excluding ortho intramolecular Hbond substituents is 1. The summed E-state index contributed by atoms with van der Waals surface area (Å²) in [5.74, 6) is -0.807. The van der Waals surface area contributed by atoms with Crippen LogP contribution in [0.3, 0.4) is 0 Å². The summed E-state index contributed by atoms with van der Waals surface area (Å²) in [4.78, 5) is 0. The van der Waals surface area contributed by atoms with Crippen molar-refractivity contribution in [1.82, 2.24) is 0 Å². The van der Waals surface area contributed by atoms with Gasteiger partial charge in [0, 0.05) is 0 Å². The van der Waals surface area contributed by atoms with E-state index in [1.807, 2.05) is 0 Å². The van der Waals surface area contributed by atoms with Crippen LogP contribution in [0.15, 0.2) is 54.4 Å². The minimum absolute atomic E-state index is 0.203. The summed E-state index contributed by atoms with van der Waals surface area (Å²) in [6.45, 7) is 0. The van der Waals surface area contributed by atoms with E-state index in [0.29, 0.717) is 0 Å². The topological polar surface area (TPSA) is 20.2 Å². The first kappa shape index (κ1) is 3.24. The van der Waals surface area contributed by atoms with Gasteiger partial charge in [0.25, 0.3) is 0 Å². The molecule has 0 aliphatic carbocycles. The molecule has 3 aromatic carbocycles. The Kier molecular flexibility index (Phi) is 0.646. The molecule has 1 nitrogen and oxygen atoms in total. The molecule has 0 aliphatic rings. The van der Waals surface area contributed by atoms with Gasteiger partial charge in [-0.25, -0.2) is 0 Å². The zero-order valence-corrected chi connectivity index (χ0v) is 7.45. The molecule has 0 saturated heterocycles. The van der Waals surface area contributed by atoms with Gasteiger partial charge < -0.3 is 5.11 Å². The van der Waals surface area contributed by atoms with Crippen molar-refractivity contribution < 1.29 is 17.4 Å². The molecule has 0 spiro atoms. The average Bonchev–Trinajstić information content (AvgIpc) is 2.56. The Bertz CT molecular complexity index is 974. The van der Waals surface area contributed by atoms with E-state index in [1.54, 1.807) is 0 Å². The van der Waals surface area contributed by atoms with Gasteiger partial charge in [0.05, 0.1) is 12.3 Å². The van der Waals surface area contributed by atoms with Crippen LogP contribution in [0.4, 0.5) is 0 Å². The second-order valence-corrected chi connectivity index (χ2v) is 2.97. The highest BCUT2D eigenvalue weighted by Crippen LogP contribution is 2.27. The first-order valence-electron chi connectivity index (χ1n) is 8.72. The maximum Gasteiger partial charge on any atom is 0.116 e. The van der Waals surface area contributed by atoms with Crippen molar-refractivity contribution in [1.29, 1.82) is 0 Å². The molecule has 0 radical (unpaired) electrons. The Morgan fingerprint density at radius 3 is 2.33 bits per heavy atom. The van der Waals surface area contributed by atoms with E-state index in [-0.39, 0.29) is 21.5 Å². The minimum atomic E-state index is -0.807. The van der Waals surface area contributed by atoms with Crippen molar-refractivity contribution in [3.8, 4) is 5.75 Å². The van der Waals surface area contributed by atoms with E-state index in [1.165, 1.54) is 0 Å². The number of hydrogen-bond acceptors (Lipinski definition) is 1. The molecule has 72 valence electrons. The molecular weight excluding hydrogens is 184 g/mol. The van der Waals surface area contributed by atoms with Crippen LogP contribution in [0.1, 0.15) is 12.3 Å². The summed E-state index contributed by atoms with van der Waals surface area (Å²) in [6, 6.07) is -5.05. The van der Waals surface area contributed by atoms with Gasteiger partial charge in [-0.3, -0.25) is 0 Å². The second-order valence-electron chi connectivity index (χ2n) is 2.97. The van der Waals surface area contributed by atoms with Crippen LogP contribution < -0.4 is 0 Å². The van der Waals surface area contributed by atoms with Gasteiger partial charge in [0.2, 0.25) is 0 Å². The van der Waals surface area contributed by atoms with Crippen molar-refractivity contribution >= 4 is 21.5 Å². The minimum Gasteiger partial charge on any atom is -0.508 e. The maximum absolute atomic E-state index is 9.89. The number of rotatable bonds is 0. The van der Waals surface area contributed by atoms with E-state index >= 15 is 0 Å². The van der Waals surface area contributed by atoms with Crippen molar-refractivity contribution in [2.75, 3.05) is 0 Å². The zero-order valence-electron chi connectivity index (χ0n) is 16.4. The first-order valence-corrected chi connectivity index (χ1v) is 4.22. The molecule has 3 aromatic rings. The fraction of sp³-hybridized carbons (Fsp3) is 0. The average molecular weight is 203 g/mol. The molecule has 0 fully saturated rings. The molecule has 1 N–H and O–H groups in total. The molecule has 0 atom stereocenters. The SMILES string of the molecule is [2H]c1c([2H])c([2H])c2c(c1[2H])c([2H])c([2H])c1c([2H])c([2H])c(O)c([2H])c12. The summed E-state index contributed by atoms with van der Waals surface area (Å²) in [6.07, 6.45) is 0. The Morgan fingerprint density at radius 1 is 0.800 bits per heavy atom. The van der Waals surface area contributed by atoms with Gasteiger partial charge >= 0.3 is 0 Å². The molecule has 3 rings (SSSR count). The highest BCUT2D eigenvalue weighted by atomic mass is 16.3. The first-order chi connectivity index (χ1) is 11.1.